The maximum atomic E-state index is 12.4. The lowest BCUT2D eigenvalue weighted by Crippen LogP contribution is -2.52. The third-order valence-electron chi connectivity index (χ3n) is 4.28. The lowest BCUT2D eigenvalue weighted by atomic mass is 9.96. The first-order valence-corrected chi connectivity index (χ1v) is 6.63. The summed E-state index contributed by atoms with van der Waals surface area (Å²) >= 11 is 0. The van der Waals surface area contributed by atoms with E-state index in [4.69, 9.17) is 0 Å². The summed E-state index contributed by atoms with van der Waals surface area (Å²) in [5.41, 5.74) is 0.0639. The van der Waals surface area contributed by atoms with Crippen molar-refractivity contribution in [1.29, 1.82) is 0 Å². The number of likely N-dealkylation sites (N-methyl/N-ethyl adjacent to an activating group) is 1. The molecule has 1 atom stereocenters. The normalized spacial score (nSPS) is 31.2. The second-order valence-electron chi connectivity index (χ2n) is 5.60. The van der Waals surface area contributed by atoms with Crippen LogP contribution in [0.25, 0.3) is 0 Å². The molecule has 92 valence electrons. The highest BCUT2D eigenvalue weighted by molar-refractivity contribution is 5.80. The van der Waals surface area contributed by atoms with Crippen LogP contribution in [0.15, 0.2) is 0 Å². The molecule has 0 spiro atoms. The predicted molar refractivity (Wildman–Crippen MR) is 65.2 cm³/mol. The number of nitrogens with zero attached hydrogens (tertiary/aromatic N) is 1. The molecule has 2 aliphatic rings. The average molecular weight is 224 g/mol. The van der Waals surface area contributed by atoms with Gasteiger partial charge in [0.15, 0.2) is 0 Å². The van der Waals surface area contributed by atoms with Crippen LogP contribution in [0.2, 0.25) is 0 Å². The summed E-state index contributed by atoms with van der Waals surface area (Å²) in [4.78, 5) is 14.6. The summed E-state index contributed by atoms with van der Waals surface area (Å²) in [6, 6.07) is 0. The number of amides is 1. The number of carbonyl (C=O) groups excluding carboxylic acids is 1. The van der Waals surface area contributed by atoms with E-state index in [0.717, 1.165) is 38.8 Å². The van der Waals surface area contributed by atoms with Crippen LogP contribution in [0.5, 0.6) is 0 Å². The SMILES string of the molecule is CNCC1(C)CCCN1C(=O)C1CCCC1. The topological polar surface area (TPSA) is 32.3 Å². The Morgan fingerprint density at radius 3 is 2.69 bits per heavy atom. The highest BCUT2D eigenvalue weighted by atomic mass is 16.2. The van der Waals surface area contributed by atoms with Crippen molar-refractivity contribution in [2.24, 2.45) is 5.92 Å². The van der Waals surface area contributed by atoms with Crippen LogP contribution in [0.1, 0.15) is 45.4 Å². The predicted octanol–water partition coefficient (Wildman–Crippen LogP) is 1.78. The fraction of sp³-hybridized carbons (Fsp3) is 0.923. The minimum atomic E-state index is 0.0639. The summed E-state index contributed by atoms with van der Waals surface area (Å²) in [5, 5.41) is 3.23. The van der Waals surface area contributed by atoms with E-state index in [1.54, 1.807) is 0 Å². The van der Waals surface area contributed by atoms with E-state index in [1.807, 2.05) is 7.05 Å². The van der Waals surface area contributed by atoms with Crippen LogP contribution < -0.4 is 5.32 Å². The molecule has 1 heterocycles. The molecular formula is C13H24N2O. The molecule has 1 saturated heterocycles. The first-order valence-electron chi connectivity index (χ1n) is 6.63. The molecule has 1 aliphatic carbocycles. The van der Waals surface area contributed by atoms with Gasteiger partial charge in [0.05, 0.1) is 5.54 Å². The molecule has 0 bridgehead atoms. The van der Waals surface area contributed by atoms with Crippen LogP contribution >= 0.6 is 0 Å². The molecule has 1 amide bonds. The molecule has 3 heteroatoms. The standard InChI is InChI=1S/C13H24N2O/c1-13(10-14-2)8-5-9-15(13)12(16)11-6-3-4-7-11/h11,14H,3-10H2,1-2H3. The molecular weight excluding hydrogens is 200 g/mol. The van der Waals surface area contributed by atoms with E-state index in [2.05, 4.69) is 17.1 Å². The lowest BCUT2D eigenvalue weighted by Gasteiger charge is -2.36. The van der Waals surface area contributed by atoms with Gasteiger partial charge in [0.25, 0.3) is 0 Å². The number of hydrogen-bond donors (Lipinski definition) is 1. The third kappa shape index (κ3) is 2.10. The molecule has 1 unspecified atom stereocenters. The van der Waals surface area contributed by atoms with Gasteiger partial charge >= 0.3 is 0 Å². The van der Waals surface area contributed by atoms with Crippen LogP contribution in [0.4, 0.5) is 0 Å². The van der Waals surface area contributed by atoms with Gasteiger partial charge < -0.3 is 10.2 Å². The third-order valence-corrected chi connectivity index (χ3v) is 4.28. The Labute approximate surface area is 98.6 Å². The zero-order chi connectivity index (χ0) is 11.6. The summed E-state index contributed by atoms with van der Waals surface area (Å²) < 4.78 is 0. The van der Waals surface area contributed by atoms with Crippen LogP contribution in [-0.4, -0.2) is 36.5 Å². The zero-order valence-electron chi connectivity index (χ0n) is 10.6. The summed E-state index contributed by atoms with van der Waals surface area (Å²) in [6.07, 6.45) is 7.03. The summed E-state index contributed by atoms with van der Waals surface area (Å²) in [7, 11) is 1.97. The monoisotopic (exact) mass is 224 g/mol. The number of hydrogen-bond acceptors (Lipinski definition) is 2. The second-order valence-corrected chi connectivity index (χ2v) is 5.60. The summed E-state index contributed by atoms with van der Waals surface area (Å²) in [6.45, 7) is 4.11. The van der Waals surface area contributed by atoms with Gasteiger partial charge in [-0.1, -0.05) is 12.8 Å². The van der Waals surface area contributed by atoms with Gasteiger partial charge in [-0.3, -0.25) is 4.79 Å². The van der Waals surface area contributed by atoms with E-state index >= 15 is 0 Å². The number of rotatable bonds is 3. The van der Waals surface area contributed by atoms with Crippen LogP contribution in [0.3, 0.4) is 0 Å². The van der Waals surface area contributed by atoms with Gasteiger partial charge in [0.1, 0.15) is 0 Å². The molecule has 2 rings (SSSR count). The molecule has 1 N–H and O–H groups in total. The van der Waals surface area contributed by atoms with Crippen molar-refractivity contribution in [3.63, 3.8) is 0 Å². The van der Waals surface area contributed by atoms with Crippen LogP contribution in [-0.2, 0) is 4.79 Å². The van der Waals surface area contributed by atoms with E-state index in [1.165, 1.54) is 12.8 Å². The first-order chi connectivity index (χ1) is 7.67. The largest absolute Gasteiger partial charge is 0.336 e. The minimum absolute atomic E-state index is 0.0639. The number of carbonyl (C=O) groups is 1. The van der Waals surface area contributed by atoms with Gasteiger partial charge in [-0.25, -0.2) is 0 Å². The molecule has 2 fully saturated rings. The van der Waals surface area contributed by atoms with Crippen LogP contribution in [0, 0.1) is 5.92 Å². The Kier molecular flexibility index (Phi) is 3.53. The lowest BCUT2D eigenvalue weighted by molar-refractivity contribution is -0.138. The van der Waals surface area contributed by atoms with Crippen molar-refractivity contribution >= 4 is 5.91 Å². The number of likely N-dealkylation sites (tertiary alicyclic amines) is 1. The maximum Gasteiger partial charge on any atom is 0.226 e. The Hall–Kier alpha value is -0.570. The first kappa shape index (κ1) is 11.9. The highest BCUT2D eigenvalue weighted by Crippen LogP contribution is 2.34. The second kappa shape index (κ2) is 4.74. The van der Waals surface area contributed by atoms with Crippen molar-refractivity contribution in [2.75, 3.05) is 20.1 Å². The Balaban J connectivity index is 2.04. The van der Waals surface area contributed by atoms with Gasteiger partial charge in [-0.15, -0.1) is 0 Å². The van der Waals surface area contributed by atoms with Gasteiger partial charge in [0.2, 0.25) is 5.91 Å². The molecule has 1 aliphatic heterocycles. The smallest absolute Gasteiger partial charge is 0.226 e. The number of nitrogens with one attached hydrogen (secondary N) is 1. The molecule has 0 radical (unpaired) electrons. The van der Waals surface area contributed by atoms with Crippen molar-refractivity contribution < 1.29 is 4.79 Å². The van der Waals surface area contributed by atoms with Gasteiger partial charge in [-0.2, -0.15) is 0 Å². The minimum Gasteiger partial charge on any atom is -0.336 e. The quantitative estimate of drug-likeness (QED) is 0.792. The Bertz CT molecular complexity index is 261. The van der Waals surface area contributed by atoms with Gasteiger partial charge in [0, 0.05) is 19.0 Å². The fourth-order valence-corrected chi connectivity index (χ4v) is 3.36. The van der Waals surface area contributed by atoms with E-state index in [0.29, 0.717) is 11.8 Å². The molecule has 0 aromatic rings. The molecule has 16 heavy (non-hydrogen) atoms. The average Bonchev–Trinajstić information content (AvgIpc) is 2.86. The van der Waals surface area contributed by atoms with E-state index < -0.39 is 0 Å². The molecule has 1 saturated carbocycles. The molecule has 0 aromatic heterocycles. The highest BCUT2D eigenvalue weighted by Gasteiger charge is 2.41. The van der Waals surface area contributed by atoms with E-state index in [9.17, 15) is 4.79 Å². The molecule has 0 aromatic carbocycles. The summed E-state index contributed by atoms with van der Waals surface area (Å²) in [5.74, 6) is 0.752. The zero-order valence-corrected chi connectivity index (χ0v) is 10.6. The fourth-order valence-electron chi connectivity index (χ4n) is 3.36. The van der Waals surface area contributed by atoms with Gasteiger partial charge in [-0.05, 0) is 39.7 Å². The Morgan fingerprint density at radius 2 is 2.06 bits per heavy atom. The van der Waals surface area contributed by atoms with Crippen molar-refractivity contribution in [3.8, 4) is 0 Å². The van der Waals surface area contributed by atoms with E-state index in [-0.39, 0.29) is 5.54 Å². The Morgan fingerprint density at radius 1 is 1.38 bits per heavy atom. The molecule has 3 nitrogen and oxygen atoms in total. The maximum absolute atomic E-state index is 12.4. The van der Waals surface area contributed by atoms with Crippen molar-refractivity contribution in [3.05, 3.63) is 0 Å². The van der Waals surface area contributed by atoms with Crippen molar-refractivity contribution in [2.45, 2.75) is 51.0 Å². The van der Waals surface area contributed by atoms with Crippen molar-refractivity contribution in [1.82, 2.24) is 10.2 Å².